The number of fused-ring (bicyclic) bond motifs is 1. The molecule has 0 saturated heterocycles. The second-order valence-electron chi connectivity index (χ2n) is 9.34. The van der Waals surface area contributed by atoms with Gasteiger partial charge in [0.1, 0.15) is 11.8 Å². The fraction of sp³-hybridized carbons (Fsp3) is 0.286. The van der Waals surface area contributed by atoms with Gasteiger partial charge in [0.2, 0.25) is 0 Å². The monoisotopic (exact) mass is 532 g/mol. The Bertz CT molecular complexity index is 1530. The van der Waals surface area contributed by atoms with E-state index >= 15 is 0 Å². The number of thioether (sulfide) groups is 1. The molecule has 1 aliphatic carbocycles. The third-order valence-electron chi connectivity index (χ3n) is 7.00. The first kappa shape index (κ1) is 24.0. The maximum atomic E-state index is 13.6. The molecule has 1 unspecified atom stereocenters. The molecule has 1 saturated carbocycles. The van der Waals surface area contributed by atoms with Gasteiger partial charge in [-0.25, -0.2) is 9.99 Å². The van der Waals surface area contributed by atoms with Crippen molar-refractivity contribution in [3.63, 3.8) is 0 Å². The SMILES string of the molecule is O=C(CSc1nc2ccccc2c(=O)n1C1CCCC1)N1N=C(c2ccc(Cl)cc2)CC1c1ccco1. The molecular formula is C28H25ClN4O3S. The maximum absolute atomic E-state index is 13.6. The Hall–Kier alpha value is -3.36. The minimum absolute atomic E-state index is 0.0369. The van der Waals surface area contributed by atoms with Crippen molar-refractivity contribution in [2.45, 2.75) is 49.3 Å². The van der Waals surface area contributed by atoms with Crippen molar-refractivity contribution < 1.29 is 9.21 Å². The highest BCUT2D eigenvalue weighted by Gasteiger charge is 2.35. The molecule has 2 aliphatic rings. The molecule has 0 radical (unpaired) electrons. The summed E-state index contributed by atoms with van der Waals surface area (Å²) in [5.74, 6) is 0.611. The number of hydrogen-bond acceptors (Lipinski definition) is 6. The molecule has 1 fully saturated rings. The molecule has 2 aromatic heterocycles. The van der Waals surface area contributed by atoms with Crippen molar-refractivity contribution in [2.75, 3.05) is 5.75 Å². The van der Waals surface area contributed by atoms with Gasteiger partial charge in [0.05, 0.1) is 28.6 Å². The normalized spacial score (nSPS) is 18.0. The average molecular weight is 533 g/mol. The van der Waals surface area contributed by atoms with Crippen LogP contribution in [0.3, 0.4) is 0 Å². The third-order valence-corrected chi connectivity index (χ3v) is 8.19. The first-order valence-electron chi connectivity index (χ1n) is 12.4. The number of carbonyl (C=O) groups is 1. The molecule has 37 heavy (non-hydrogen) atoms. The van der Waals surface area contributed by atoms with Gasteiger partial charge in [-0.2, -0.15) is 5.10 Å². The van der Waals surface area contributed by atoms with E-state index in [0.29, 0.717) is 33.3 Å². The summed E-state index contributed by atoms with van der Waals surface area (Å²) in [5, 5.41) is 8.05. The lowest BCUT2D eigenvalue weighted by atomic mass is 10.0. The van der Waals surface area contributed by atoms with E-state index in [4.69, 9.17) is 26.1 Å². The number of hydrazone groups is 1. The van der Waals surface area contributed by atoms with E-state index in [1.54, 1.807) is 6.26 Å². The zero-order valence-corrected chi connectivity index (χ0v) is 21.6. The molecule has 1 atom stereocenters. The zero-order chi connectivity index (χ0) is 25.4. The van der Waals surface area contributed by atoms with Crippen LogP contribution in [0.5, 0.6) is 0 Å². The Kier molecular flexibility index (Phi) is 6.61. The summed E-state index contributed by atoms with van der Waals surface area (Å²) >= 11 is 7.36. The average Bonchev–Trinajstić information content (AvgIpc) is 3.70. The highest BCUT2D eigenvalue weighted by Crippen LogP contribution is 2.35. The largest absolute Gasteiger partial charge is 0.467 e. The van der Waals surface area contributed by atoms with Gasteiger partial charge in [-0.1, -0.05) is 60.5 Å². The Morgan fingerprint density at radius 3 is 2.59 bits per heavy atom. The van der Waals surface area contributed by atoms with Gasteiger partial charge in [0, 0.05) is 17.5 Å². The Labute approximate surface area is 223 Å². The van der Waals surface area contributed by atoms with Gasteiger partial charge in [0.15, 0.2) is 5.16 Å². The molecule has 0 spiro atoms. The number of nitrogens with zero attached hydrogens (tertiary/aromatic N) is 4. The summed E-state index contributed by atoms with van der Waals surface area (Å²) in [6.07, 6.45) is 6.21. The van der Waals surface area contributed by atoms with Gasteiger partial charge >= 0.3 is 0 Å². The molecule has 1 aliphatic heterocycles. The van der Waals surface area contributed by atoms with Crippen LogP contribution in [0, 0.1) is 0 Å². The number of amides is 1. The van der Waals surface area contributed by atoms with Gasteiger partial charge in [-0.05, 0) is 54.8 Å². The first-order chi connectivity index (χ1) is 18.1. The minimum Gasteiger partial charge on any atom is -0.467 e. The summed E-state index contributed by atoms with van der Waals surface area (Å²) in [7, 11) is 0. The van der Waals surface area contributed by atoms with Gasteiger partial charge in [-0.15, -0.1) is 0 Å². The molecule has 9 heteroatoms. The van der Waals surface area contributed by atoms with E-state index in [-0.39, 0.29) is 29.3 Å². The van der Waals surface area contributed by atoms with E-state index in [1.807, 2.05) is 65.2 Å². The highest BCUT2D eigenvalue weighted by molar-refractivity contribution is 7.99. The van der Waals surface area contributed by atoms with Crippen molar-refractivity contribution in [1.29, 1.82) is 0 Å². The van der Waals surface area contributed by atoms with Crippen molar-refractivity contribution in [1.82, 2.24) is 14.6 Å². The van der Waals surface area contributed by atoms with Crippen LogP contribution in [0.25, 0.3) is 10.9 Å². The molecule has 3 heterocycles. The standard InChI is InChI=1S/C28H25ClN4O3S/c29-19-13-11-18(12-14-19)23-16-24(25-10-5-15-36-25)33(31-23)26(34)17-37-28-30-22-9-4-3-8-21(22)27(35)32(28)20-6-1-2-7-20/h3-5,8-15,20,24H,1-2,6-7,16-17H2. The number of furan rings is 1. The summed E-state index contributed by atoms with van der Waals surface area (Å²) in [6.45, 7) is 0. The molecule has 2 aromatic carbocycles. The summed E-state index contributed by atoms with van der Waals surface area (Å²) in [4.78, 5) is 31.8. The number of para-hydroxylation sites is 1. The van der Waals surface area contributed by atoms with Crippen LogP contribution in [0.15, 0.2) is 86.4 Å². The Morgan fingerprint density at radius 2 is 1.84 bits per heavy atom. The lowest BCUT2D eigenvalue weighted by Gasteiger charge is -2.21. The van der Waals surface area contributed by atoms with Crippen molar-refractivity contribution in [3.8, 4) is 0 Å². The predicted octanol–water partition coefficient (Wildman–Crippen LogP) is 6.23. The number of halogens is 1. The molecular weight excluding hydrogens is 508 g/mol. The lowest BCUT2D eigenvalue weighted by Crippen LogP contribution is -2.30. The molecule has 188 valence electrons. The Balaban J connectivity index is 1.30. The quantitative estimate of drug-likeness (QED) is 0.217. The number of benzene rings is 2. The van der Waals surface area contributed by atoms with Crippen LogP contribution in [-0.2, 0) is 4.79 Å². The molecule has 0 N–H and O–H groups in total. The van der Waals surface area contributed by atoms with E-state index in [9.17, 15) is 9.59 Å². The Morgan fingerprint density at radius 1 is 1.05 bits per heavy atom. The molecule has 4 aromatic rings. The van der Waals surface area contributed by atoms with E-state index < -0.39 is 0 Å². The second-order valence-corrected chi connectivity index (χ2v) is 10.7. The highest BCUT2D eigenvalue weighted by atomic mass is 35.5. The zero-order valence-electron chi connectivity index (χ0n) is 20.0. The van der Waals surface area contributed by atoms with E-state index in [0.717, 1.165) is 37.0 Å². The fourth-order valence-corrected chi connectivity index (χ4v) is 6.21. The van der Waals surface area contributed by atoms with Gasteiger partial charge < -0.3 is 4.42 Å². The first-order valence-corrected chi connectivity index (χ1v) is 13.8. The van der Waals surface area contributed by atoms with Crippen molar-refractivity contribution >= 4 is 45.9 Å². The summed E-state index contributed by atoms with van der Waals surface area (Å²) in [5.41, 5.74) is 2.32. The van der Waals surface area contributed by atoms with Crippen molar-refractivity contribution in [3.05, 3.63) is 93.6 Å². The predicted molar refractivity (Wildman–Crippen MR) is 145 cm³/mol. The molecule has 0 bridgehead atoms. The number of carbonyl (C=O) groups excluding carboxylic acids is 1. The topological polar surface area (TPSA) is 80.7 Å². The third kappa shape index (κ3) is 4.71. The fourth-order valence-electron chi connectivity index (χ4n) is 5.16. The van der Waals surface area contributed by atoms with Crippen LogP contribution >= 0.6 is 23.4 Å². The minimum atomic E-state index is -0.338. The van der Waals surface area contributed by atoms with Gasteiger partial charge in [0.25, 0.3) is 11.5 Å². The van der Waals surface area contributed by atoms with Crippen LogP contribution < -0.4 is 5.56 Å². The molecule has 1 amide bonds. The number of rotatable bonds is 6. The second kappa shape index (κ2) is 10.2. The summed E-state index contributed by atoms with van der Waals surface area (Å²) in [6, 6.07) is 18.3. The number of aromatic nitrogens is 2. The lowest BCUT2D eigenvalue weighted by molar-refractivity contribution is -0.130. The smallest absolute Gasteiger partial charge is 0.262 e. The van der Waals surface area contributed by atoms with Crippen LogP contribution in [0.1, 0.15) is 55.5 Å². The van der Waals surface area contributed by atoms with E-state index in [1.165, 1.54) is 16.8 Å². The molecule has 6 rings (SSSR count). The van der Waals surface area contributed by atoms with E-state index in [2.05, 4.69) is 0 Å². The van der Waals surface area contributed by atoms with Crippen molar-refractivity contribution in [2.24, 2.45) is 5.10 Å². The van der Waals surface area contributed by atoms with Gasteiger partial charge in [-0.3, -0.25) is 14.2 Å². The van der Waals surface area contributed by atoms with Crippen LogP contribution in [-0.4, -0.2) is 31.9 Å². The summed E-state index contributed by atoms with van der Waals surface area (Å²) < 4.78 is 7.47. The van der Waals surface area contributed by atoms with Crippen LogP contribution in [0.4, 0.5) is 0 Å². The van der Waals surface area contributed by atoms with Crippen LogP contribution in [0.2, 0.25) is 5.02 Å². The maximum Gasteiger partial charge on any atom is 0.262 e. The molecule has 7 nitrogen and oxygen atoms in total. The number of hydrogen-bond donors (Lipinski definition) is 0.